The van der Waals surface area contributed by atoms with E-state index >= 15 is 0 Å². The van der Waals surface area contributed by atoms with E-state index in [0.29, 0.717) is 4.53 Å². The van der Waals surface area contributed by atoms with Gasteiger partial charge in [-0.15, -0.1) is 0 Å². The van der Waals surface area contributed by atoms with Crippen molar-refractivity contribution in [1.29, 1.82) is 0 Å². The molecule has 0 amide bonds. The number of benzene rings is 4. The second kappa shape index (κ2) is 9.86. The number of aromatic amines is 1. The summed E-state index contributed by atoms with van der Waals surface area (Å²) in [6.07, 6.45) is 3.83. The van der Waals surface area contributed by atoms with Gasteiger partial charge in [0.15, 0.2) is 4.80 Å². The summed E-state index contributed by atoms with van der Waals surface area (Å²) < 4.78 is 8.02. The van der Waals surface area contributed by atoms with Gasteiger partial charge in [0.25, 0.3) is 5.56 Å². The molecule has 1 aliphatic carbocycles. The number of aryl methyl sites for hydroxylation is 1. The fourth-order valence-corrected chi connectivity index (χ4v) is 7.37. The lowest BCUT2D eigenvalue weighted by atomic mass is 9.83. The SMILES string of the molecule is COc1ccc([C@H]2C3=C(N=c4s/c(=C/c5c(-c6ccccc6)[nH]c6ccccc56)c(=O)n42)c2ccccc2CC3)cc1. The maximum atomic E-state index is 14.4. The molecule has 1 atom stereocenters. The molecule has 2 aromatic heterocycles. The highest BCUT2D eigenvalue weighted by molar-refractivity contribution is 7.07. The molecule has 0 radical (unpaired) electrons. The molecule has 4 aromatic carbocycles. The Morgan fingerprint density at radius 1 is 0.905 bits per heavy atom. The maximum Gasteiger partial charge on any atom is 0.271 e. The van der Waals surface area contributed by atoms with Crippen molar-refractivity contribution in [3.63, 3.8) is 0 Å². The van der Waals surface area contributed by atoms with Crippen molar-refractivity contribution in [1.82, 2.24) is 9.55 Å². The number of allylic oxidation sites excluding steroid dienone is 1. The number of hydrogen-bond donors (Lipinski definition) is 1. The molecule has 1 aliphatic heterocycles. The first-order chi connectivity index (χ1) is 20.7. The molecule has 5 nitrogen and oxygen atoms in total. The van der Waals surface area contributed by atoms with Crippen LogP contribution in [0.25, 0.3) is 33.9 Å². The van der Waals surface area contributed by atoms with Gasteiger partial charge >= 0.3 is 0 Å². The standard InChI is InChI=1S/C36H27N3O2S/c1-41-25-18-15-24(16-19-25)34-28-20-17-22-9-5-6-12-26(22)33(28)38-36-39(34)35(40)31(42-36)21-29-27-13-7-8-14-30(27)37-32(29)23-10-3-2-4-11-23/h2-16,18-19,21,34,37H,17,20H2,1H3/b31-21+/t34-/m0/s1. The van der Waals surface area contributed by atoms with Crippen molar-refractivity contribution in [3.05, 3.63) is 151 Å². The molecule has 0 fully saturated rings. The third kappa shape index (κ3) is 3.90. The first-order valence-electron chi connectivity index (χ1n) is 14.1. The molecular weight excluding hydrogens is 538 g/mol. The zero-order valence-electron chi connectivity index (χ0n) is 23.0. The Bertz CT molecular complexity index is 2200. The van der Waals surface area contributed by atoms with Crippen molar-refractivity contribution in [2.75, 3.05) is 7.11 Å². The highest BCUT2D eigenvalue weighted by Gasteiger charge is 2.32. The van der Waals surface area contributed by atoms with Crippen molar-refractivity contribution in [2.24, 2.45) is 4.99 Å². The molecule has 42 heavy (non-hydrogen) atoms. The first-order valence-corrected chi connectivity index (χ1v) is 14.9. The van der Waals surface area contributed by atoms with E-state index < -0.39 is 0 Å². The van der Waals surface area contributed by atoms with Crippen LogP contribution in [-0.2, 0) is 6.42 Å². The van der Waals surface area contributed by atoms with Crippen LogP contribution in [0.15, 0.2) is 118 Å². The van der Waals surface area contributed by atoms with Crippen LogP contribution >= 0.6 is 11.3 Å². The fourth-order valence-electron chi connectivity index (χ4n) is 6.39. The summed E-state index contributed by atoms with van der Waals surface area (Å²) >= 11 is 1.46. The zero-order valence-corrected chi connectivity index (χ0v) is 23.8. The Morgan fingerprint density at radius 2 is 1.67 bits per heavy atom. The van der Waals surface area contributed by atoms with Crippen LogP contribution in [0, 0.1) is 0 Å². The lowest BCUT2D eigenvalue weighted by Gasteiger charge is -2.30. The van der Waals surface area contributed by atoms with E-state index in [1.165, 1.54) is 22.5 Å². The lowest BCUT2D eigenvalue weighted by molar-refractivity contribution is 0.414. The number of thiazole rings is 1. The summed E-state index contributed by atoms with van der Waals surface area (Å²) in [7, 11) is 1.67. The first kappa shape index (κ1) is 24.8. The number of para-hydroxylation sites is 1. The van der Waals surface area contributed by atoms with Crippen LogP contribution in [-0.4, -0.2) is 16.7 Å². The predicted molar refractivity (Wildman–Crippen MR) is 169 cm³/mol. The maximum absolute atomic E-state index is 14.4. The highest BCUT2D eigenvalue weighted by atomic mass is 32.1. The molecule has 3 heterocycles. The lowest BCUT2D eigenvalue weighted by Crippen LogP contribution is -2.38. The number of aromatic nitrogens is 2. The van der Waals surface area contributed by atoms with Crippen molar-refractivity contribution in [3.8, 4) is 17.0 Å². The summed E-state index contributed by atoms with van der Waals surface area (Å²) in [6.45, 7) is 0. The van der Waals surface area contributed by atoms with Gasteiger partial charge in [-0.2, -0.15) is 0 Å². The molecule has 0 bridgehead atoms. The normalized spacial score (nSPS) is 16.1. The van der Waals surface area contributed by atoms with Crippen LogP contribution in [0.3, 0.4) is 0 Å². The number of nitrogens with zero attached hydrogens (tertiary/aromatic N) is 2. The van der Waals surface area contributed by atoms with Crippen LogP contribution < -0.4 is 19.6 Å². The van der Waals surface area contributed by atoms with Crippen LogP contribution in [0.2, 0.25) is 0 Å². The van der Waals surface area contributed by atoms with Gasteiger partial charge in [-0.1, -0.05) is 96.3 Å². The van der Waals surface area contributed by atoms with Gasteiger partial charge in [0.1, 0.15) is 5.75 Å². The van der Waals surface area contributed by atoms with Gasteiger partial charge in [-0.3, -0.25) is 9.36 Å². The largest absolute Gasteiger partial charge is 0.497 e. The minimum Gasteiger partial charge on any atom is -0.497 e. The van der Waals surface area contributed by atoms with E-state index in [1.807, 2.05) is 53.1 Å². The van der Waals surface area contributed by atoms with Crippen molar-refractivity contribution < 1.29 is 4.74 Å². The summed E-state index contributed by atoms with van der Waals surface area (Å²) in [5.74, 6) is 0.794. The third-order valence-corrected chi connectivity index (χ3v) is 9.37. The molecule has 1 N–H and O–H groups in total. The van der Waals surface area contributed by atoms with Gasteiger partial charge in [-0.05, 0) is 59.4 Å². The molecule has 6 aromatic rings. The Hall–Kier alpha value is -4.94. The topological polar surface area (TPSA) is 59.4 Å². The van der Waals surface area contributed by atoms with E-state index in [1.54, 1.807) is 7.11 Å². The monoisotopic (exact) mass is 565 g/mol. The molecule has 2 aliphatic rings. The number of H-pyrrole nitrogens is 1. The zero-order chi connectivity index (χ0) is 28.2. The van der Waals surface area contributed by atoms with E-state index in [2.05, 4.69) is 65.6 Å². The number of ether oxygens (including phenoxy) is 1. The molecule has 0 unspecified atom stereocenters. The quantitative estimate of drug-likeness (QED) is 0.266. The molecular formula is C36H27N3O2S. The number of methoxy groups -OCH3 is 1. The Kier molecular flexibility index (Phi) is 5.83. The highest BCUT2D eigenvalue weighted by Crippen LogP contribution is 2.41. The van der Waals surface area contributed by atoms with Crippen LogP contribution in [0.1, 0.15) is 34.7 Å². The second-order valence-electron chi connectivity index (χ2n) is 10.7. The van der Waals surface area contributed by atoms with Crippen molar-refractivity contribution >= 4 is 34.0 Å². The van der Waals surface area contributed by atoms with Gasteiger partial charge < -0.3 is 9.72 Å². The summed E-state index contributed by atoms with van der Waals surface area (Å²) in [6, 6.07) is 34.9. The second-order valence-corrected chi connectivity index (χ2v) is 11.7. The van der Waals surface area contributed by atoms with Gasteiger partial charge in [0.2, 0.25) is 0 Å². The average Bonchev–Trinajstić information content (AvgIpc) is 3.57. The summed E-state index contributed by atoms with van der Waals surface area (Å²) in [5.41, 5.74) is 9.83. The molecule has 0 spiro atoms. The summed E-state index contributed by atoms with van der Waals surface area (Å²) in [5, 5.41) is 1.09. The minimum atomic E-state index is -0.228. The van der Waals surface area contributed by atoms with Gasteiger partial charge in [0, 0.05) is 22.0 Å². The van der Waals surface area contributed by atoms with E-state index in [-0.39, 0.29) is 11.6 Å². The molecule has 204 valence electrons. The van der Waals surface area contributed by atoms with E-state index in [4.69, 9.17) is 9.73 Å². The average molecular weight is 566 g/mol. The summed E-state index contributed by atoms with van der Waals surface area (Å²) in [4.78, 5) is 23.9. The Labute approximate surface area is 246 Å². The number of nitrogens with one attached hydrogen (secondary N) is 1. The molecule has 6 heteroatoms. The van der Waals surface area contributed by atoms with Gasteiger partial charge in [-0.25, -0.2) is 4.99 Å². The third-order valence-electron chi connectivity index (χ3n) is 8.39. The molecule has 0 saturated heterocycles. The number of rotatable bonds is 4. The molecule has 8 rings (SSSR count). The number of fused-ring (bicyclic) bond motifs is 4. The Balaban J connectivity index is 1.39. The van der Waals surface area contributed by atoms with E-state index in [9.17, 15) is 4.79 Å². The number of hydrogen-bond acceptors (Lipinski definition) is 4. The predicted octanol–water partition coefficient (Wildman–Crippen LogP) is 6.48. The van der Waals surface area contributed by atoms with E-state index in [0.717, 1.165) is 67.9 Å². The van der Waals surface area contributed by atoms with Crippen molar-refractivity contribution in [2.45, 2.75) is 18.9 Å². The fraction of sp³-hybridized carbons (Fsp3) is 0.111. The van der Waals surface area contributed by atoms with Gasteiger partial charge in [0.05, 0.1) is 29.1 Å². The van der Waals surface area contributed by atoms with Crippen LogP contribution in [0.5, 0.6) is 5.75 Å². The Morgan fingerprint density at radius 3 is 2.50 bits per heavy atom. The minimum absolute atomic E-state index is 0.0192. The van der Waals surface area contributed by atoms with Crippen LogP contribution in [0.4, 0.5) is 0 Å². The molecule has 0 saturated carbocycles. The smallest absolute Gasteiger partial charge is 0.271 e.